The van der Waals surface area contributed by atoms with Crippen molar-refractivity contribution < 1.29 is 9.84 Å². The summed E-state index contributed by atoms with van der Waals surface area (Å²) in [5, 5.41) is 14.1. The Hall–Kier alpha value is -2.36. The smallest absolute Gasteiger partial charge is 0.141 e. The number of benzene rings is 3. The van der Waals surface area contributed by atoms with Crippen LogP contribution in [-0.4, -0.2) is 12.2 Å². The van der Waals surface area contributed by atoms with E-state index in [1.807, 2.05) is 48.5 Å². The molecule has 5 heteroatoms. The second kappa shape index (κ2) is 7.68. The molecule has 0 aliphatic rings. The lowest BCUT2D eigenvalue weighted by Crippen LogP contribution is -2.02. The average molecular weight is 374 g/mol. The van der Waals surface area contributed by atoms with Crippen molar-refractivity contribution in [2.75, 3.05) is 12.4 Å². The molecule has 0 saturated carbocycles. The Bertz CT molecular complexity index is 882. The van der Waals surface area contributed by atoms with Crippen LogP contribution in [0.3, 0.4) is 0 Å². The lowest BCUT2D eigenvalue weighted by atomic mass is 10.0. The molecule has 0 heterocycles. The summed E-state index contributed by atoms with van der Waals surface area (Å²) in [6, 6.07) is 19.2. The van der Waals surface area contributed by atoms with E-state index in [4.69, 9.17) is 27.9 Å². The Morgan fingerprint density at radius 3 is 2.44 bits per heavy atom. The van der Waals surface area contributed by atoms with Crippen LogP contribution in [-0.2, 0) is 6.54 Å². The maximum Gasteiger partial charge on any atom is 0.141 e. The van der Waals surface area contributed by atoms with Crippen molar-refractivity contribution in [1.29, 1.82) is 0 Å². The maximum atomic E-state index is 10.1. The molecule has 2 N–H and O–H groups in total. The zero-order valence-corrected chi connectivity index (χ0v) is 15.1. The summed E-state index contributed by atoms with van der Waals surface area (Å²) in [6.07, 6.45) is 0. The van der Waals surface area contributed by atoms with Crippen LogP contribution in [0.1, 0.15) is 5.56 Å². The molecule has 0 radical (unpaired) electrons. The first-order valence-electron chi connectivity index (χ1n) is 7.72. The topological polar surface area (TPSA) is 41.5 Å². The maximum absolute atomic E-state index is 10.1. The van der Waals surface area contributed by atoms with E-state index < -0.39 is 0 Å². The highest BCUT2D eigenvalue weighted by molar-refractivity contribution is 6.35. The van der Waals surface area contributed by atoms with Crippen molar-refractivity contribution in [1.82, 2.24) is 0 Å². The summed E-state index contributed by atoms with van der Waals surface area (Å²) >= 11 is 12.0. The molecule has 0 bridgehead atoms. The summed E-state index contributed by atoms with van der Waals surface area (Å²) in [7, 11) is 1.62. The van der Waals surface area contributed by atoms with Crippen molar-refractivity contribution in [3.63, 3.8) is 0 Å². The molecular weight excluding hydrogens is 357 g/mol. The zero-order chi connectivity index (χ0) is 17.8. The van der Waals surface area contributed by atoms with Gasteiger partial charge in [0.1, 0.15) is 11.5 Å². The fourth-order valence-corrected chi connectivity index (χ4v) is 3.14. The summed E-state index contributed by atoms with van der Waals surface area (Å²) < 4.78 is 5.43. The number of methoxy groups -OCH3 is 1. The molecule has 3 nitrogen and oxygen atoms in total. The summed E-state index contributed by atoms with van der Waals surface area (Å²) in [5.74, 6) is 0.740. The summed E-state index contributed by atoms with van der Waals surface area (Å²) in [5.41, 5.74) is 3.61. The molecule has 0 atom stereocenters. The Kier molecular flexibility index (Phi) is 5.37. The van der Waals surface area contributed by atoms with E-state index in [9.17, 15) is 5.11 Å². The minimum absolute atomic E-state index is 0.0248. The Labute approximate surface area is 156 Å². The van der Waals surface area contributed by atoms with Gasteiger partial charge in [-0.1, -0.05) is 59.6 Å². The number of hydrogen-bond acceptors (Lipinski definition) is 3. The molecule has 0 unspecified atom stereocenters. The molecule has 0 spiro atoms. The molecular formula is C20H17Cl2NO2. The monoisotopic (exact) mass is 373 g/mol. The Morgan fingerprint density at radius 1 is 0.960 bits per heavy atom. The van der Waals surface area contributed by atoms with E-state index in [-0.39, 0.29) is 10.8 Å². The predicted octanol–water partition coefficient (Wildman–Crippen LogP) is 5.99. The lowest BCUT2D eigenvalue weighted by molar-refractivity contribution is 0.416. The highest BCUT2D eigenvalue weighted by atomic mass is 35.5. The summed E-state index contributed by atoms with van der Waals surface area (Å²) in [6.45, 7) is 0.362. The van der Waals surface area contributed by atoms with E-state index in [0.717, 1.165) is 16.8 Å². The van der Waals surface area contributed by atoms with Crippen molar-refractivity contribution in [3.8, 4) is 22.6 Å². The van der Waals surface area contributed by atoms with E-state index in [0.29, 0.717) is 22.9 Å². The number of anilines is 1. The van der Waals surface area contributed by atoms with Gasteiger partial charge in [0, 0.05) is 17.1 Å². The normalized spacial score (nSPS) is 10.5. The number of nitrogens with one attached hydrogen (secondary N) is 1. The zero-order valence-electron chi connectivity index (χ0n) is 13.6. The molecule has 0 aliphatic carbocycles. The number of rotatable bonds is 5. The Balaban J connectivity index is 1.89. The number of phenols is 1. The van der Waals surface area contributed by atoms with E-state index in [2.05, 4.69) is 5.32 Å². The lowest BCUT2D eigenvalue weighted by Gasteiger charge is -2.14. The van der Waals surface area contributed by atoms with E-state index >= 15 is 0 Å². The van der Waals surface area contributed by atoms with Gasteiger partial charge in [0.15, 0.2) is 0 Å². The molecule has 3 rings (SSSR count). The number of phenolic OH excluding ortho intramolecular Hbond substituents is 1. The molecule has 0 aliphatic heterocycles. The number of aromatic hydroxyl groups is 1. The van der Waals surface area contributed by atoms with Crippen LogP contribution < -0.4 is 10.1 Å². The average Bonchev–Trinajstić information content (AvgIpc) is 2.64. The third-order valence-corrected chi connectivity index (χ3v) is 4.39. The minimum Gasteiger partial charge on any atom is -0.506 e. The van der Waals surface area contributed by atoms with Gasteiger partial charge >= 0.3 is 0 Å². The number of ether oxygens (including phenoxy) is 1. The molecule has 128 valence electrons. The molecule has 0 saturated heterocycles. The van der Waals surface area contributed by atoms with Crippen molar-refractivity contribution >= 4 is 28.9 Å². The van der Waals surface area contributed by atoms with E-state index in [1.54, 1.807) is 13.2 Å². The van der Waals surface area contributed by atoms with Crippen molar-refractivity contribution in [2.45, 2.75) is 6.54 Å². The second-order valence-electron chi connectivity index (χ2n) is 5.53. The van der Waals surface area contributed by atoms with Gasteiger partial charge in [-0.15, -0.1) is 0 Å². The van der Waals surface area contributed by atoms with E-state index in [1.165, 1.54) is 6.07 Å². The van der Waals surface area contributed by atoms with Gasteiger partial charge in [0.25, 0.3) is 0 Å². The quantitative estimate of drug-likeness (QED) is 0.577. The first-order valence-corrected chi connectivity index (χ1v) is 8.48. The summed E-state index contributed by atoms with van der Waals surface area (Å²) in [4.78, 5) is 0. The van der Waals surface area contributed by atoms with Gasteiger partial charge < -0.3 is 15.2 Å². The third-order valence-electron chi connectivity index (χ3n) is 3.88. The number of hydrogen-bond donors (Lipinski definition) is 2. The molecule has 3 aromatic rings. The van der Waals surface area contributed by atoms with Crippen LogP contribution in [0.5, 0.6) is 11.5 Å². The highest BCUT2D eigenvalue weighted by Gasteiger charge is 2.10. The molecule has 0 fully saturated rings. The van der Waals surface area contributed by atoms with Crippen LogP contribution in [0.15, 0.2) is 60.7 Å². The van der Waals surface area contributed by atoms with Gasteiger partial charge in [-0.3, -0.25) is 0 Å². The molecule has 0 aromatic heterocycles. The minimum atomic E-state index is 0.0248. The predicted molar refractivity (Wildman–Crippen MR) is 104 cm³/mol. The van der Waals surface area contributed by atoms with Gasteiger partial charge in [-0.05, 0) is 35.4 Å². The van der Waals surface area contributed by atoms with Crippen molar-refractivity contribution in [3.05, 3.63) is 76.3 Å². The third kappa shape index (κ3) is 4.01. The fourth-order valence-electron chi connectivity index (χ4n) is 2.60. The highest BCUT2D eigenvalue weighted by Crippen LogP contribution is 2.34. The van der Waals surface area contributed by atoms with Crippen LogP contribution in [0.25, 0.3) is 11.1 Å². The fraction of sp³-hybridized carbons (Fsp3) is 0.100. The van der Waals surface area contributed by atoms with Crippen LogP contribution in [0.2, 0.25) is 10.0 Å². The van der Waals surface area contributed by atoms with Gasteiger partial charge in [0.2, 0.25) is 0 Å². The first-order chi connectivity index (χ1) is 12.1. The molecule has 0 amide bonds. The first kappa shape index (κ1) is 17.5. The number of halogens is 2. The van der Waals surface area contributed by atoms with Gasteiger partial charge in [0.05, 0.1) is 17.8 Å². The molecule has 3 aromatic carbocycles. The van der Waals surface area contributed by atoms with Gasteiger partial charge in [-0.25, -0.2) is 0 Å². The molecule has 25 heavy (non-hydrogen) atoms. The van der Waals surface area contributed by atoms with Crippen LogP contribution in [0.4, 0.5) is 5.69 Å². The van der Waals surface area contributed by atoms with Crippen LogP contribution >= 0.6 is 23.2 Å². The SMILES string of the molecule is COc1ccc(-c2ccccc2)cc1NCc1cc(Cl)cc(Cl)c1O. The standard InChI is InChI=1S/C20H17Cl2NO2/c1-25-19-8-7-14(13-5-3-2-4-6-13)10-18(19)23-12-15-9-16(21)11-17(22)20(15)24/h2-11,23-24H,12H2,1H3. The van der Waals surface area contributed by atoms with Crippen LogP contribution in [0, 0.1) is 0 Å². The Morgan fingerprint density at radius 2 is 1.72 bits per heavy atom. The largest absolute Gasteiger partial charge is 0.506 e. The van der Waals surface area contributed by atoms with Gasteiger partial charge in [-0.2, -0.15) is 0 Å². The van der Waals surface area contributed by atoms with Crippen molar-refractivity contribution in [2.24, 2.45) is 0 Å². The second-order valence-corrected chi connectivity index (χ2v) is 6.37.